The van der Waals surface area contributed by atoms with E-state index in [2.05, 4.69) is 49.3 Å². The van der Waals surface area contributed by atoms with Crippen LogP contribution in [-0.2, 0) is 6.42 Å². The van der Waals surface area contributed by atoms with Crippen molar-refractivity contribution in [3.05, 3.63) is 26.6 Å². The molecule has 0 bridgehead atoms. The summed E-state index contributed by atoms with van der Waals surface area (Å²) in [5.74, 6) is 0.853. The molecule has 0 saturated heterocycles. The van der Waals surface area contributed by atoms with Gasteiger partial charge < -0.3 is 15.8 Å². The fourth-order valence-electron chi connectivity index (χ4n) is 1.42. The Labute approximate surface area is 119 Å². The Morgan fingerprint density at radius 2 is 1.94 bits per heavy atom. The monoisotopic (exact) mass is 364 g/mol. The van der Waals surface area contributed by atoms with Crippen LogP contribution in [0.2, 0.25) is 0 Å². The second-order valence-corrected chi connectivity index (χ2v) is 5.44. The summed E-state index contributed by atoms with van der Waals surface area (Å²) in [6, 6.07) is 4.19. The van der Waals surface area contributed by atoms with Crippen LogP contribution in [0.25, 0.3) is 0 Å². The summed E-state index contributed by atoms with van der Waals surface area (Å²) < 4.78 is 7.64. The van der Waals surface area contributed by atoms with Gasteiger partial charge >= 0.3 is 0 Å². The van der Waals surface area contributed by atoms with Gasteiger partial charge in [-0.3, -0.25) is 0 Å². The highest BCUT2D eigenvalue weighted by atomic mass is 79.9. The minimum absolute atomic E-state index is 0.642. The van der Waals surface area contributed by atoms with E-state index in [-0.39, 0.29) is 0 Å². The van der Waals surface area contributed by atoms with Crippen LogP contribution in [0.15, 0.2) is 21.1 Å². The van der Waals surface area contributed by atoms with E-state index in [9.17, 15) is 0 Å². The standard InChI is InChI=1S/C12H18Br2N2O/c1-16-5-3-9-7-10(13)12(11(14)8-9)17-6-2-4-15/h7-8,16H,2-6,15H2,1H3. The summed E-state index contributed by atoms with van der Waals surface area (Å²) >= 11 is 7.07. The number of benzene rings is 1. The Hall–Kier alpha value is -0.100. The maximum absolute atomic E-state index is 5.68. The maximum Gasteiger partial charge on any atom is 0.147 e. The first kappa shape index (κ1) is 15.0. The smallest absolute Gasteiger partial charge is 0.147 e. The molecule has 5 heteroatoms. The van der Waals surface area contributed by atoms with Crippen LogP contribution in [0.4, 0.5) is 0 Å². The lowest BCUT2D eigenvalue weighted by Crippen LogP contribution is -2.10. The van der Waals surface area contributed by atoms with Crippen LogP contribution < -0.4 is 15.8 Å². The van der Waals surface area contributed by atoms with E-state index in [4.69, 9.17) is 10.5 Å². The average molecular weight is 366 g/mol. The van der Waals surface area contributed by atoms with Crippen LogP contribution >= 0.6 is 31.9 Å². The highest BCUT2D eigenvalue weighted by molar-refractivity contribution is 9.11. The van der Waals surface area contributed by atoms with Gasteiger partial charge in [-0.15, -0.1) is 0 Å². The molecule has 0 amide bonds. The van der Waals surface area contributed by atoms with Crippen molar-refractivity contribution in [3.63, 3.8) is 0 Å². The number of nitrogens with one attached hydrogen (secondary N) is 1. The third kappa shape index (κ3) is 4.95. The lowest BCUT2D eigenvalue weighted by Gasteiger charge is -2.12. The van der Waals surface area contributed by atoms with Crippen molar-refractivity contribution in [2.45, 2.75) is 12.8 Å². The summed E-state index contributed by atoms with van der Waals surface area (Å²) in [4.78, 5) is 0. The van der Waals surface area contributed by atoms with E-state index < -0.39 is 0 Å². The first-order valence-corrected chi connectivity index (χ1v) is 7.23. The number of hydrogen-bond acceptors (Lipinski definition) is 3. The summed E-state index contributed by atoms with van der Waals surface area (Å²) in [5.41, 5.74) is 6.71. The van der Waals surface area contributed by atoms with Crippen molar-refractivity contribution < 1.29 is 4.74 Å². The maximum atomic E-state index is 5.68. The highest BCUT2D eigenvalue weighted by Gasteiger charge is 2.08. The molecule has 1 aromatic rings. The van der Waals surface area contributed by atoms with Crippen molar-refractivity contribution in [3.8, 4) is 5.75 Å². The second kappa shape index (κ2) is 8.08. The Morgan fingerprint density at radius 3 is 2.47 bits per heavy atom. The Kier molecular flexibility index (Phi) is 7.11. The van der Waals surface area contributed by atoms with Gasteiger partial charge in [-0.25, -0.2) is 0 Å². The molecule has 1 aromatic carbocycles. The zero-order chi connectivity index (χ0) is 12.7. The molecule has 0 atom stereocenters. The summed E-state index contributed by atoms with van der Waals surface area (Å²) in [5, 5.41) is 3.14. The molecule has 3 nitrogen and oxygen atoms in total. The lowest BCUT2D eigenvalue weighted by atomic mass is 10.1. The van der Waals surface area contributed by atoms with Gasteiger partial charge in [-0.1, -0.05) is 0 Å². The molecule has 0 radical (unpaired) electrons. The number of hydrogen-bond donors (Lipinski definition) is 2. The van der Waals surface area contributed by atoms with Gasteiger partial charge in [0.15, 0.2) is 0 Å². The fraction of sp³-hybridized carbons (Fsp3) is 0.500. The highest BCUT2D eigenvalue weighted by Crippen LogP contribution is 2.34. The first-order valence-electron chi connectivity index (χ1n) is 5.64. The van der Waals surface area contributed by atoms with Crippen LogP contribution in [0.5, 0.6) is 5.75 Å². The van der Waals surface area contributed by atoms with Gasteiger partial charge in [-0.2, -0.15) is 0 Å². The van der Waals surface area contributed by atoms with Crippen LogP contribution in [0.1, 0.15) is 12.0 Å². The largest absolute Gasteiger partial charge is 0.491 e. The predicted octanol–water partition coefficient (Wildman–Crippen LogP) is 2.70. The third-order valence-electron chi connectivity index (χ3n) is 2.32. The second-order valence-electron chi connectivity index (χ2n) is 3.73. The molecule has 0 aliphatic carbocycles. The molecule has 96 valence electrons. The molecule has 0 heterocycles. The minimum Gasteiger partial charge on any atom is -0.491 e. The van der Waals surface area contributed by atoms with E-state index >= 15 is 0 Å². The van der Waals surface area contributed by atoms with Crippen LogP contribution in [0, 0.1) is 0 Å². The molecule has 0 spiro atoms. The van der Waals surface area contributed by atoms with Gasteiger partial charge in [0.25, 0.3) is 0 Å². The van der Waals surface area contributed by atoms with E-state index in [1.54, 1.807) is 0 Å². The molecule has 0 fully saturated rings. The minimum atomic E-state index is 0.642. The van der Waals surface area contributed by atoms with Crippen molar-refractivity contribution >= 4 is 31.9 Å². The van der Waals surface area contributed by atoms with Gasteiger partial charge in [0.1, 0.15) is 5.75 Å². The number of rotatable bonds is 7. The molecule has 0 aliphatic heterocycles. The Balaban J connectivity index is 2.72. The first-order chi connectivity index (χ1) is 8.19. The van der Waals surface area contributed by atoms with Gasteiger partial charge in [0, 0.05) is 0 Å². The number of ether oxygens (including phenoxy) is 1. The zero-order valence-electron chi connectivity index (χ0n) is 9.93. The van der Waals surface area contributed by atoms with E-state index in [0.29, 0.717) is 13.2 Å². The number of likely N-dealkylation sites (N-methyl/N-ethyl adjacent to an activating group) is 1. The summed E-state index contributed by atoms with van der Waals surface area (Å²) in [6.45, 7) is 2.26. The average Bonchev–Trinajstić information content (AvgIpc) is 2.30. The zero-order valence-corrected chi connectivity index (χ0v) is 13.1. The van der Waals surface area contributed by atoms with Crippen molar-refractivity contribution in [2.24, 2.45) is 5.73 Å². The normalized spacial score (nSPS) is 10.6. The Bertz CT molecular complexity index is 335. The van der Waals surface area contributed by atoms with Gasteiger partial charge in [0.05, 0.1) is 15.6 Å². The Morgan fingerprint density at radius 1 is 1.29 bits per heavy atom. The third-order valence-corrected chi connectivity index (χ3v) is 3.49. The molecule has 0 aliphatic rings. The number of nitrogens with two attached hydrogens (primary N) is 1. The molecule has 0 saturated carbocycles. The van der Waals surface area contributed by atoms with E-state index in [0.717, 1.165) is 34.1 Å². The van der Waals surface area contributed by atoms with Crippen LogP contribution in [-0.4, -0.2) is 26.7 Å². The van der Waals surface area contributed by atoms with Gasteiger partial charge in [0.2, 0.25) is 0 Å². The fourth-order valence-corrected chi connectivity index (χ4v) is 2.93. The van der Waals surface area contributed by atoms with Crippen molar-refractivity contribution in [1.29, 1.82) is 0 Å². The molecule has 0 unspecified atom stereocenters. The molecule has 0 aromatic heterocycles. The van der Waals surface area contributed by atoms with Crippen molar-refractivity contribution in [2.75, 3.05) is 26.7 Å². The molecular formula is C12H18Br2N2O. The summed E-state index contributed by atoms with van der Waals surface area (Å²) in [7, 11) is 1.95. The van der Waals surface area contributed by atoms with Crippen molar-refractivity contribution in [1.82, 2.24) is 5.32 Å². The number of halogens is 2. The SMILES string of the molecule is CNCCc1cc(Br)c(OCCCN)c(Br)c1. The molecular weight excluding hydrogens is 348 g/mol. The summed E-state index contributed by atoms with van der Waals surface area (Å²) in [6.07, 6.45) is 1.86. The van der Waals surface area contributed by atoms with Gasteiger partial charge in [-0.05, 0) is 82.5 Å². The molecule has 1 rings (SSSR count). The predicted molar refractivity (Wildman–Crippen MR) is 78.6 cm³/mol. The lowest BCUT2D eigenvalue weighted by molar-refractivity contribution is 0.309. The quantitative estimate of drug-likeness (QED) is 0.730. The molecule has 17 heavy (non-hydrogen) atoms. The van der Waals surface area contributed by atoms with E-state index in [1.165, 1.54) is 5.56 Å². The van der Waals surface area contributed by atoms with Crippen LogP contribution in [0.3, 0.4) is 0 Å². The van der Waals surface area contributed by atoms with E-state index in [1.807, 2.05) is 7.05 Å². The topological polar surface area (TPSA) is 47.3 Å². The molecule has 3 N–H and O–H groups in total.